The van der Waals surface area contributed by atoms with E-state index in [1.165, 1.54) is 22.2 Å². The van der Waals surface area contributed by atoms with Crippen molar-refractivity contribution >= 4 is 16.9 Å². The maximum atomic E-state index is 12.3. The molecule has 3 rings (SSSR count). The van der Waals surface area contributed by atoms with Crippen molar-refractivity contribution in [3.05, 3.63) is 35.5 Å². The van der Waals surface area contributed by atoms with E-state index in [9.17, 15) is 4.79 Å². The first-order valence-electron chi connectivity index (χ1n) is 7.59. The lowest BCUT2D eigenvalue weighted by atomic mass is 10.1. The highest BCUT2D eigenvalue weighted by Crippen LogP contribution is 2.25. The number of para-hydroxylation sites is 1. The molecule has 1 aromatic heterocycles. The Kier molecular flexibility index (Phi) is 3.40. The number of carbonyl (C=O) groups is 1. The van der Waals surface area contributed by atoms with Gasteiger partial charge < -0.3 is 15.2 Å². The van der Waals surface area contributed by atoms with Crippen LogP contribution in [-0.4, -0.2) is 34.5 Å². The molecule has 0 atom stereocenters. The number of aromatic nitrogens is 1. The van der Waals surface area contributed by atoms with Crippen LogP contribution in [0.3, 0.4) is 0 Å². The Hall–Kier alpha value is -1.97. The normalized spacial score (nSPS) is 15.7. The van der Waals surface area contributed by atoms with E-state index in [1.54, 1.807) is 0 Å². The summed E-state index contributed by atoms with van der Waals surface area (Å²) >= 11 is 0. The summed E-state index contributed by atoms with van der Waals surface area (Å²) in [5, 5.41) is 4.35. The van der Waals surface area contributed by atoms with Crippen molar-refractivity contribution in [2.45, 2.75) is 39.2 Å². The lowest BCUT2D eigenvalue weighted by molar-refractivity contribution is 0.191. The summed E-state index contributed by atoms with van der Waals surface area (Å²) in [5.41, 5.74) is 3.67. The number of benzene rings is 1. The standard InChI is InChI=1S/C17H23N3O/c1-17(2,3)19-16(21)20-10-8-13-12-6-4-5-7-14(12)18-15(13)9-11-20/h4-7,18H,8-11H2,1-3H3,(H,19,21). The van der Waals surface area contributed by atoms with Gasteiger partial charge in [-0.2, -0.15) is 0 Å². The van der Waals surface area contributed by atoms with Crippen molar-refractivity contribution in [1.29, 1.82) is 0 Å². The average Bonchev–Trinajstić information content (AvgIpc) is 2.61. The number of rotatable bonds is 0. The Bertz CT molecular complexity index is 666. The molecule has 0 aliphatic carbocycles. The van der Waals surface area contributed by atoms with Gasteiger partial charge in [-0.3, -0.25) is 0 Å². The molecule has 2 aromatic rings. The maximum absolute atomic E-state index is 12.3. The summed E-state index contributed by atoms with van der Waals surface area (Å²) < 4.78 is 0. The van der Waals surface area contributed by atoms with Crippen molar-refractivity contribution in [2.75, 3.05) is 13.1 Å². The van der Waals surface area contributed by atoms with Crippen LogP contribution in [-0.2, 0) is 12.8 Å². The van der Waals surface area contributed by atoms with Crippen molar-refractivity contribution < 1.29 is 4.79 Å². The van der Waals surface area contributed by atoms with E-state index in [2.05, 4.69) is 34.6 Å². The van der Waals surface area contributed by atoms with Crippen LogP contribution in [0.2, 0.25) is 0 Å². The van der Waals surface area contributed by atoms with E-state index >= 15 is 0 Å². The fourth-order valence-electron chi connectivity index (χ4n) is 2.96. The third-order valence-corrected chi connectivity index (χ3v) is 3.93. The number of amides is 2. The van der Waals surface area contributed by atoms with Crippen LogP contribution in [0.4, 0.5) is 4.79 Å². The summed E-state index contributed by atoms with van der Waals surface area (Å²) in [5.74, 6) is 0. The first-order chi connectivity index (χ1) is 9.94. The second kappa shape index (κ2) is 5.10. The highest BCUT2D eigenvalue weighted by atomic mass is 16.2. The van der Waals surface area contributed by atoms with Gasteiger partial charge in [0, 0.05) is 41.6 Å². The van der Waals surface area contributed by atoms with Gasteiger partial charge in [-0.05, 0) is 38.8 Å². The molecule has 21 heavy (non-hydrogen) atoms. The van der Waals surface area contributed by atoms with Crippen LogP contribution < -0.4 is 5.32 Å². The molecule has 112 valence electrons. The molecule has 0 spiro atoms. The van der Waals surface area contributed by atoms with Crippen molar-refractivity contribution in [3.63, 3.8) is 0 Å². The number of aromatic amines is 1. The Morgan fingerprint density at radius 3 is 2.67 bits per heavy atom. The number of H-pyrrole nitrogens is 1. The minimum Gasteiger partial charge on any atom is -0.358 e. The zero-order valence-electron chi connectivity index (χ0n) is 13.0. The molecule has 1 aliphatic rings. The van der Waals surface area contributed by atoms with Gasteiger partial charge >= 0.3 is 6.03 Å². The fourth-order valence-corrected chi connectivity index (χ4v) is 2.96. The molecule has 4 heteroatoms. The van der Waals surface area contributed by atoms with Gasteiger partial charge in [0.25, 0.3) is 0 Å². The number of nitrogens with zero attached hydrogens (tertiary/aromatic N) is 1. The Labute approximate surface area is 125 Å². The summed E-state index contributed by atoms with van der Waals surface area (Å²) in [4.78, 5) is 17.7. The van der Waals surface area contributed by atoms with E-state index in [0.29, 0.717) is 0 Å². The number of carbonyl (C=O) groups excluding carboxylic acids is 1. The van der Waals surface area contributed by atoms with E-state index in [1.807, 2.05) is 25.7 Å². The van der Waals surface area contributed by atoms with E-state index in [0.717, 1.165) is 25.9 Å². The van der Waals surface area contributed by atoms with Gasteiger partial charge in [0.1, 0.15) is 0 Å². The molecular weight excluding hydrogens is 262 g/mol. The average molecular weight is 285 g/mol. The molecule has 0 bridgehead atoms. The van der Waals surface area contributed by atoms with Gasteiger partial charge in [0.05, 0.1) is 0 Å². The molecule has 4 nitrogen and oxygen atoms in total. The third-order valence-electron chi connectivity index (χ3n) is 3.93. The second-order valence-electron chi connectivity index (χ2n) is 6.79. The highest BCUT2D eigenvalue weighted by molar-refractivity contribution is 5.85. The smallest absolute Gasteiger partial charge is 0.317 e. The van der Waals surface area contributed by atoms with E-state index in [4.69, 9.17) is 0 Å². The van der Waals surface area contributed by atoms with Gasteiger partial charge in [0.2, 0.25) is 0 Å². The molecule has 0 fully saturated rings. The Balaban J connectivity index is 1.78. The third kappa shape index (κ3) is 2.89. The van der Waals surface area contributed by atoms with Crippen LogP contribution in [0.5, 0.6) is 0 Å². The van der Waals surface area contributed by atoms with Crippen molar-refractivity contribution in [3.8, 4) is 0 Å². The molecule has 2 N–H and O–H groups in total. The van der Waals surface area contributed by atoms with Gasteiger partial charge in [0.15, 0.2) is 0 Å². The largest absolute Gasteiger partial charge is 0.358 e. The molecular formula is C17H23N3O. The van der Waals surface area contributed by atoms with Crippen LogP contribution in [0.15, 0.2) is 24.3 Å². The molecule has 1 aliphatic heterocycles. The minimum atomic E-state index is -0.190. The second-order valence-corrected chi connectivity index (χ2v) is 6.79. The minimum absolute atomic E-state index is 0.0389. The summed E-state index contributed by atoms with van der Waals surface area (Å²) in [6, 6.07) is 8.45. The molecule has 1 aromatic carbocycles. The van der Waals surface area contributed by atoms with Crippen molar-refractivity contribution in [2.24, 2.45) is 0 Å². The number of nitrogens with one attached hydrogen (secondary N) is 2. The monoisotopic (exact) mass is 285 g/mol. The maximum Gasteiger partial charge on any atom is 0.317 e. The Morgan fingerprint density at radius 2 is 1.90 bits per heavy atom. The van der Waals surface area contributed by atoms with E-state index in [-0.39, 0.29) is 11.6 Å². The van der Waals surface area contributed by atoms with Gasteiger partial charge in [-0.25, -0.2) is 4.79 Å². The zero-order valence-corrected chi connectivity index (χ0v) is 13.0. The molecule has 2 amide bonds. The van der Waals surface area contributed by atoms with Crippen LogP contribution >= 0.6 is 0 Å². The zero-order chi connectivity index (χ0) is 15.0. The summed E-state index contributed by atoms with van der Waals surface area (Å²) in [7, 11) is 0. The number of hydrogen-bond acceptors (Lipinski definition) is 1. The van der Waals surface area contributed by atoms with Gasteiger partial charge in [-0.1, -0.05) is 18.2 Å². The quantitative estimate of drug-likeness (QED) is 0.768. The van der Waals surface area contributed by atoms with Crippen LogP contribution in [0.25, 0.3) is 10.9 Å². The van der Waals surface area contributed by atoms with Crippen LogP contribution in [0, 0.1) is 0 Å². The predicted molar refractivity (Wildman–Crippen MR) is 85.6 cm³/mol. The lowest BCUT2D eigenvalue weighted by Gasteiger charge is -2.27. The summed E-state index contributed by atoms with van der Waals surface area (Å²) in [6.45, 7) is 7.58. The number of fused-ring (bicyclic) bond motifs is 3. The lowest BCUT2D eigenvalue weighted by Crippen LogP contribution is -2.49. The molecule has 2 heterocycles. The SMILES string of the molecule is CC(C)(C)NC(=O)N1CCc2[nH]c3ccccc3c2CC1. The molecule has 0 unspecified atom stereocenters. The van der Waals surface area contributed by atoms with Crippen LogP contribution in [0.1, 0.15) is 32.0 Å². The summed E-state index contributed by atoms with van der Waals surface area (Å²) in [6.07, 6.45) is 1.80. The molecule has 0 radical (unpaired) electrons. The van der Waals surface area contributed by atoms with Crippen molar-refractivity contribution in [1.82, 2.24) is 15.2 Å². The topological polar surface area (TPSA) is 48.1 Å². The first-order valence-corrected chi connectivity index (χ1v) is 7.59. The predicted octanol–water partition coefficient (Wildman–Crippen LogP) is 3.08. The fraction of sp³-hybridized carbons (Fsp3) is 0.471. The van der Waals surface area contributed by atoms with Gasteiger partial charge in [-0.15, -0.1) is 0 Å². The molecule has 0 saturated carbocycles. The number of hydrogen-bond donors (Lipinski definition) is 2. The van der Waals surface area contributed by atoms with E-state index < -0.39 is 0 Å². The first kappa shape index (κ1) is 14.0. The number of urea groups is 1. The highest BCUT2D eigenvalue weighted by Gasteiger charge is 2.23. The molecule has 0 saturated heterocycles. The Morgan fingerprint density at radius 1 is 1.19 bits per heavy atom.